The molecule has 0 aliphatic heterocycles. The van der Waals surface area contributed by atoms with Crippen LogP contribution in [0.4, 0.5) is 21.9 Å². The second-order valence-electron chi connectivity index (χ2n) is 5.64. The van der Waals surface area contributed by atoms with Crippen LogP contribution in [0.15, 0.2) is 54.6 Å². The normalized spacial score (nSPS) is 10.0. The van der Waals surface area contributed by atoms with Crippen molar-refractivity contribution in [2.24, 2.45) is 0 Å². The minimum atomic E-state index is -0.439. The van der Waals surface area contributed by atoms with E-state index in [1.807, 2.05) is 37.4 Å². The number of nitrogens with zero attached hydrogens (tertiary/aromatic N) is 2. The molecule has 2 aromatic rings. The predicted molar refractivity (Wildman–Crippen MR) is 103 cm³/mol. The van der Waals surface area contributed by atoms with Gasteiger partial charge in [-0.25, -0.2) is 4.79 Å². The van der Waals surface area contributed by atoms with E-state index in [1.165, 1.54) is 6.07 Å². The smallest absolute Gasteiger partial charge is 0.314 e. The number of nitro benzene ring substituents is 1. The number of hydrogen-bond acceptors (Lipinski definition) is 5. The molecule has 2 amide bonds. The van der Waals surface area contributed by atoms with E-state index < -0.39 is 4.92 Å². The molecule has 0 aliphatic carbocycles. The fourth-order valence-corrected chi connectivity index (χ4v) is 2.37. The first kappa shape index (κ1) is 19.0. The zero-order chi connectivity index (χ0) is 18.8. The molecule has 3 N–H and O–H groups in total. The number of benzene rings is 2. The molecule has 8 nitrogen and oxygen atoms in total. The maximum atomic E-state index is 11.8. The Hall–Kier alpha value is -3.29. The summed E-state index contributed by atoms with van der Waals surface area (Å²) in [6.07, 6.45) is 0. The first-order valence-corrected chi connectivity index (χ1v) is 8.33. The lowest BCUT2D eigenvalue weighted by molar-refractivity contribution is -0.384. The maximum Gasteiger partial charge on any atom is 0.314 e. The van der Waals surface area contributed by atoms with Gasteiger partial charge in [-0.15, -0.1) is 0 Å². The maximum absolute atomic E-state index is 11.8. The summed E-state index contributed by atoms with van der Waals surface area (Å²) in [6.45, 7) is 1.94. The lowest BCUT2D eigenvalue weighted by Gasteiger charge is -2.19. The van der Waals surface area contributed by atoms with Gasteiger partial charge in [0.05, 0.1) is 4.92 Å². The summed E-state index contributed by atoms with van der Waals surface area (Å²) >= 11 is 0. The Morgan fingerprint density at radius 2 is 1.65 bits per heavy atom. The average Bonchev–Trinajstić information content (AvgIpc) is 2.66. The summed E-state index contributed by atoms with van der Waals surface area (Å²) in [5.41, 5.74) is 1.54. The molecule has 138 valence electrons. The van der Waals surface area contributed by atoms with Gasteiger partial charge < -0.3 is 20.9 Å². The molecule has 0 radical (unpaired) electrons. The van der Waals surface area contributed by atoms with Crippen molar-refractivity contribution < 1.29 is 9.72 Å². The lowest BCUT2D eigenvalue weighted by atomic mass is 10.2. The van der Waals surface area contributed by atoms with E-state index in [1.54, 1.807) is 18.2 Å². The number of rotatable bonds is 9. The van der Waals surface area contributed by atoms with Crippen molar-refractivity contribution >= 4 is 23.1 Å². The van der Waals surface area contributed by atoms with Gasteiger partial charge in [0.15, 0.2) is 0 Å². The fourth-order valence-electron chi connectivity index (χ4n) is 2.37. The van der Waals surface area contributed by atoms with Crippen LogP contribution >= 0.6 is 0 Å². The Bertz CT molecular complexity index is 724. The van der Waals surface area contributed by atoms with E-state index in [0.717, 1.165) is 5.69 Å². The number of anilines is 2. The second kappa shape index (κ2) is 9.87. The third-order valence-corrected chi connectivity index (χ3v) is 3.76. The minimum Gasteiger partial charge on any atom is -0.378 e. The Morgan fingerprint density at radius 3 is 2.38 bits per heavy atom. The molecule has 0 bridgehead atoms. The molecule has 0 saturated carbocycles. The van der Waals surface area contributed by atoms with Crippen LogP contribution in [0.25, 0.3) is 0 Å². The first-order valence-electron chi connectivity index (χ1n) is 8.33. The topological polar surface area (TPSA) is 99.5 Å². The zero-order valence-corrected chi connectivity index (χ0v) is 14.6. The van der Waals surface area contributed by atoms with Gasteiger partial charge in [-0.1, -0.05) is 30.3 Å². The van der Waals surface area contributed by atoms with E-state index in [0.29, 0.717) is 31.9 Å². The highest BCUT2D eigenvalue weighted by Crippen LogP contribution is 2.22. The van der Waals surface area contributed by atoms with Gasteiger partial charge in [0.2, 0.25) is 0 Å². The van der Waals surface area contributed by atoms with Gasteiger partial charge in [0.25, 0.3) is 5.69 Å². The SMILES string of the molecule is CN(CCNC(=O)NCCNc1ccccc1[N+](=O)[O-])c1ccccc1. The monoisotopic (exact) mass is 357 g/mol. The van der Waals surface area contributed by atoms with Crippen LogP contribution < -0.4 is 20.9 Å². The van der Waals surface area contributed by atoms with Crippen molar-refractivity contribution in [3.05, 3.63) is 64.7 Å². The third-order valence-electron chi connectivity index (χ3n) is 3.76. The number of nitro groups is 1. The number of urea groups is 1. The molecular weight excluding hydrogens is 334 g/mol. The van der Waals surface area contributed by atoms with E-state index in [4.69, 9.17) is 0 Å². The number of para-hydroxylation sites is 3. The lowest BCUT2D eigenvalue weighted by Crippen LogP contribution is -2.41. The Morgan fingerprint density at radius 1 is 1.00 bits per heavy atom. The Kier molecular flexibility index (Phi) is 7.23. The third kappa shape index (κ3) is 5.97. The Balaban J connectivity index is 1.63. The molecule has 0 spiro atoms. The standard InChI is InChI=1S/C18H23N5O3/c1-22(15-7-3-2-4-8-15)14-13-21-18(24)20-12-11-19-16-9-5-6-10-17(16)23(25)26/h2-10,19H,11-14H2,1H3,(H2,20,21,24). The minimum absolute atomic E-state index is 0.0147. The molecule has 0 unspecified atom stereocenters. The summed E-state index contributed by atoms with van der Waals surface area (Å²) in [6, 6.07) is 16.1. The number of carbonyl (C=O) groups excluding carboxylic acids is 1. The molecule has 26 heavy (non-hydrogen) atoms. The van der Waals surface area contributed by atoms with Crippen LogP contribution in [0.2, 0.25) is 0 Å². The predicted octanol–water partition coefficient (Wildman–Crippen LogP) is 2.44. The quantitative estimate of drug-likeness (QED) is 0.364. The van der Waals surface area contributed by atoms with Crippen LogP contribution in [0.3, 0.4) is 0 Å². The van der Waals surface area contributed by atoms with E-state index in [9.17, 15) is 14.9 Å². The molecule has 0 heterocycles. The fraction of sp³-hybridized carbons (Fsp3) is 0.278. The van der Waals surface area contributed by atoms with Crippen molar-refractivity contribution in [3.8, 4) is 0 Å². The van der Waals surface area contributed by atoms with Gasteiger partial charge in [-0.05, 0) is 18.2 Å². The van der Waals surface area contributed by atoms with Crippen LogP contribution in [0.1, 0.15) is 0 Å². The van der Waals surface area contributed by atoms with Crippen LogP contribution in [0, 0.1) is 10.1 Å². The average molecular weight is 357 g/mol. The van der Waals surface area contributed by atoms with Crippen molar-refractivity contribution in [1.29, 1.82) is 0 Å². The number of likely N-dealkylation sites (N-methyl/N-ethyl adjacent to an activating group) is 1. The Labute approximate surface area is 152 Å². The molecule has 0 saturated heterocycles. The molecule has 0 atom stereocenters. The van der Waals surface area contributed by atoms with E-state index in [2.05, 4.69) is 20.9 Å². The zero-order valence-electron chi connectivity index (χ0n) is 14.6. The highest BCUT2D eigenvalue weighted by atomic mass is 16.6. The first-order chi connectivity index (χ1) is 12.6. The molecule has 0 fully saturated rings. The highest BCUT2D eigenvalue weighted by molar-refractivity contribution is 5.74. The van der Waals surface area contributed by atoms with Gasteiger partial charge in [-0.2, -0.15) is 0 Å². The molecular formula is C18H23N5O3. The van der Waals surface area contributed by atoms with Crippen molar-refractivity contribution in [3.63, 3.8) is 0 Å². The highest BCUT2D eigenvalue weighted by Gasteiger charge is 2.11. The molecule has 0 aromatic heterocycles. The number of amides is 2. The molecule has 2 aromatic carbocycles. The number of nitrogens with one attached hydrogen (secondary N) is 3. The van der Waals surface area contributed by atoms with Crippen molar-refractivity contribution in [2.75, 3.05) is 43.4 Å². The summed E-state index contributed by atoms with van der Waals surface area (Å²) < 4.78 is 0. The van der Waals surface area contributed by atoms with Crippen molar-refractivity contribution in [2.45, 2.75) is 0 Å². The van der Waals surface area contributed by atoms with Crippen LogP contribution in [0.5, 0.6) is 0 Å². The molecule has 0 aliphatic rings. The van der Waals surface area contributed by atoms with Gasteiger partial charge in [0.1, 0.15) is 5.69 Å². The van der Waals surface area contributed by atoms with Gasteiger partial charge >= 0.3 is 6.03 Å². The second-order valence-corrected chi connectivity index (χ2v) is 5.64. The summed E-state index contributed by atoms with van der Waals surface area (Å²) in [7, 11) is 1.96. The van der Waals surface area contributed by atoms with Crippen LogP contribution in [-0.4, -0.2) is 44.2 Å². The van der Waals surface area contributed by atoms with E-state index in [-0.39, 0.29) is 11.7 Å². The summed E-state index contributed by atoms with van der Waals surface area (Å²) in [5, 5.41) is 19.4. The van der Waals surface area contributed by atoms with Gasteiger partial charge in [-0.3, -0.25) is 10.1 Å². The van der Waals surface area contributed by atoms with Gasteiger partial charge in [0, 0.05) is 45.0 Å². The number of hydrogen-bond donors (Lipinski definition) is 3. The van der Waals surface area contributed by atoms with Crippen molar-refractivity contribution in [1.82, 2.24) is 10.6 Å². The summed E-state index contributed by atoms with van der Waals surface area (Å²) in [4.78, 5) is 24.3. The summed E-state index contributed by atoms with van der Waals surface area (Å²) in [5.74, 6) is 0. The molecule has 8 heteroatoms. The largest absolute Gasteiger partial charge is 0.378 e. The number of carbonyl (C=O) groups is 1. The van der Waals surface area contributed by atoms with E-state index >= 15 is 0 Å². The molecule has 2 rings (SSSR count). The van der Waals surface area contributed by atoms with Crippen LogP contribution in [-0.2, 0) is 0 Å².